The molecule has 0 aliphatic heterocycles. The molecule has 1 aromatic rings. The fourth-order valence-electron chi connectivity index (χ4n) is 2.12. The highest BCUT2D eigenvalue weighted by Gasteiger charge is 2.10. The number of unbranched alkanes of at least 4 members (excludes halogenated alkanes) is 2. The second-order valence-corrected chi connectivity index (χ2v) is 4.55. The minimum Gasteiger partial charge on any atom is -0.0809 e. The standard InChI is InChI=1S/C16H21/c1-5-7-8-9-15(6-2)16-11-10-13(3)12-14(16)4/h10-12,15H,5,7-9H2,1,3-4H3. The number of hydrogen-bond donors (Lipinski definition) is 0. The van der Waals surface area contributed by atoms with Gasteiger partial charge in [0, 0.05) is 5.92 Å². The lowest BCUT2D eigenvalue weighted by molar-refractivity contribution is 0.635. The van der Waals surface area contributed by atoms with E-state index in [1.807, 2.05) is 0 Å². The zero-order valence-electron chi connectivity index (χ0n) is 10.6. The molecule has 0 nitrogen and oxygen atoms in total. The Morgan fingerprint density at radius 2 is 2.00 bits per heavy atom. The largest absolute Gasteiger partial charge is 0.0809 e. The Labute approximate surface area is 100 Å². The SMILES string of the molecule is [C]#CC(CCCCC)c1ccc(C)cc1C. The van der Waals surface area contributed by atoms with Gasteiger partial charge in [-0.05, 0) is 37.8 Å². The molecular weight excluding hydrogens is 192 g/mol. The van der Waals surface area contributed by atoms with Gasteiger partial charge in [-0.1, -0.05) is 55.9 Å². The first-order valence-electron chi connectivity index (χ1n) is 6.18. The predicted octanol–water partition coefficient (Wildman–Crippen LogP) is 4.56. The van der Waals surface area contributed by atoms with Crippen LogP contribution in [0.5, 0.6) is 0 Å². The van der Waals surface area contributed by atoms with Crippen LogP contribution in [0.3, 0.4) is 0 Å². The molecule has 0 amide bonds. The zero-order chi connectivity index (χ0) is 12.0. The van der Waals surface area contributed by atoms with Crippen molar-refractivity contribution in [1.82, 2.24) is 0 Å². The fourth-order valence-corrected chi connectivity index (χ4v) is 2.12. The quantitative estimate of drug-likeness (QED) is 0.497. The van der Waals surface area contributed by atoms with Gasteiger partial charge in [-0.2, -0.15) is 0 Å². The summed E-state index contributed by atoms with van der Waals surface area (Å²) in [6.45, 7) is 6.45. The Morgan fingerprint density at radius 3 is 2.56 bits per heavy atom. The van der Waals surface area contributed by atoms with E-state index in [-0.39, 0.29) is 5.92 Å². The molecule has 0 aromatic heterocycles. The summed E-state index contributed by atoms with van der Waals surface area (Å²) in [6, 6.07) is 6.48. The Bertz CT molecular complexity index is 368. The Kier molecular flexibility index (Phi) is 5.12. The third-order valence-electron chi connectivity index (χ3n) is 3.07. The molecular formula is C16H21. The van der Waals surface area contributed by atoms with E-state index < -0.39 is 0 Å². The first-order chi connectivity index (χ1) is 7.69. The van der Waals surface area contributed by atoms with Crippen molar-refractivity contribution in [1.29, 1.82) is 0 Å². The monoisotopic (exact) mass is 213 g/mol. The van der Waals surface area contributed by atoms with Gasteiger partial charge in [0.25, 0.3) is 0 Å². The third-order valence-corrected chi connectivity index (χ3v) is 3.07. The second-order valence-electron chi connectivity index (χ2n) is 4.55. The van der Waals surface area contributed by atoms with E-state index in [4.69, 9.17) is 6.42 Å². The molecule has 0 aliphatic rings. The van der Waals surface area contributed by atoms with Gasteiger partial charge in [-0.3, -0.25) is 0 Å². The van der Waals surface area contributed by atoms with Gasteiger partial charge in [-0.25, -0.2) is 0 Å². The van der Waals surface area contributed by atoms with E-state index in [2.05, 4.69) is 44.9 Å². The molecule has 1 aromatic carbocycles. The van der Waals surface area contributed by atoms with Gasteiger partial charge in [-0.15, -0.1) is 0 Å². The molecule has 0 heterocycles. The third kappa shape index (κ3) is 3.42. The van der Waals surface area contributed by atoms with E-state index in [9.17, 15) is 0 Å². The first-order valence-corrected chi connectivity index (χ1v) is 6.18. The Balaban J connectivity index is 2.76. The molecule has 85 valence electrons. The average Bonchev–Trinajstić information content (AvgIpc) is 2.26. The molecule has 0 saturated carbocycles. The normalized spacial score (nSPS) is 12.1. The van der Waals surface area contributed by atoms with E-state index in [1.54, 1.807) is 0 Å². The molecule has 1 radical (unpaired) electrons. The summed E-state index contributed by atoms with van der Waals surface area (Å²) >= 11 is 0. The minimum absolute atomic E-state index is 0.187. The lowest BCUT2D eigenvalue weighted by Crippen LogP contribution is -1.99. The van der Waals surface area contributed by atoms with E-state index in [0.717, 1.165) is 6.42 Å². The van der Waals surface area contributed by atoms with E-state index >= 15 is 0 Å². The van der Waals surface area contributed by atoms with Crippen LogP contribution in [-0.2, 0) is 0 Å². The summed E-state index contributed by atoms with van der Waals surface area (Å²) in [5.74, 6) is 2.87. The lowest BCUT2D eigenvalue weighted by Gasteiger charge is -2.14. The molecule has 0 saturated heterocycles. The van der Waals surface area contributed by atoms with Gasteiger partial charge < -0.3 is 0 Å². The molecule has 1 rings (SSSR count). The predicted molar refractivity (Wildman–Crippen MR) is 69.9 cm³/mol. The van der Waals surface area contributed by atoms with Gasteiger partial charge in [0.2, 0.25) is 0 Å². The number of hydrogen-bond acceptors (Lipinski definition) is 0. The number of aryl methyl sites for hydroxylation is 2. The van der Waals surface area contributed by atoms with Crippen LogP contribution in [0.4, 0.5) is 0 Å². The molecule has 16 heavy (non-hydrogen) atoms. The number of benzene rings is 1. The van der Waals surface area contributed by atoms with Gasteiger partial charge in [0.05, 0.1) is 0 Å². The van der Waals surface area contributed by atoms with Crippen LogP contribution >= 0.6 is 0 Å². The maximum atomic E-state index is 7.43. The topological polar surface area (TPSA) is 0 Å². The maximum absolute atomic E-state index is 7.43. The van der Waals surface area contributed by atoms with Crippen molar-refractivity contribution in [2.45, 2.75) is 52.4 Å². The summed E-state index contributed by atoms with van der Waals surface area (Å²) in [6.07, 6.45) is 12.2. The van der Waals surface area contributed by atoms with E-state index in [1.165, 1.54) is 36.0 Å². The Morgan fingerprint density at radius 1 is 1.25 bits per heavy atom. The summed E-state index contributed by atoms with van der Waals surface area (Å²) in [7, 11) is 0. The van der Waals surface area contributed by atoms with Crippen molar-refractivity contribution in [2.24, 2.45) is 0 Å². The highest BCUT2D eigenvalue weighted by molar-refractivity contribution is 5.36. The molecule has 1 unspecified atom stereocenters. The molecule has 1 atom stereocenters. The smallest absolute Gasteiger partial charge is 0.0465 e. The highest BCUT2D eigenvalue weighted by Crippen LogP contribution is 2.25. The maximum Gasteiger partial charge on any atom is 0.0465 e. The molecule has 0 N–H and O–H groups in total. The van der Waals surface area contributed by atoms with Crippen molar-refractivity contribution < 1.29 is 0 Å². The van der Waals surface area contributed by atoms with Crippen molar-refractivity contribution in [3.8, 4) is 5.92 Å². The first kappa shape index (κ1) is 12.8. The van der Waals surface area contributed by atoms with E-state index in [0.29, 0.717) is 0 Å². The van der Waals surface area contributed by atoms with Gasteiger partial charge in [0.1, 0.15) is 0 Å². The minimum atomic E-state index is 0.187. The van der Waals surface area contributed by atoms with Crippen LogP contribution in [-0.4, -0.2) is 0 Å². The van der Waals surface area contributed by atoms with Crippen LogP contribution in [0.2, 0.25) is 0 Å². The van der Waals surface area contributed by atoms with Crippen molar-refractivity contribution in [3.05, 3.63) is 41.3 Å². The average molecular weight is 213 g/mol. The van der Waals surface area contributed by atoms with Gasteiger partial charge in [0.15, 0.2) is 0 Å². The van der Waals surface area contributed by atoms with Gasteiger partial charge >= 0.3 is 0 Å². The fraction of sp³-hybridized carbons (Fsp3) is 0.500. The lowest BCUT2D eigenvalue weighted by atomic mass is 9.90. The van der Waals surface area contributed by atoms with Crippen LogP contribution < -0.4 is 0 Å². The molecule has 0 bridgehead atoms. The molecule has 0 heteroatoms. The van der Waals surface area contributed by atoms with Crippen LogP contribution in [0.15, 0.2) is 18.2 Å². The van der Waals surface area contributed by atoms with Crippen molar-refractivity contribution in [2.75, 3.05) is 0 Å². The van der Waals surface area contributed by atoms with Crippen molar-refractivity contribution >= 4 is 0 Å². The molecule has 0 fully saturated rings. The Hall–Kier alpha value is -1.22. The summed E-state index contributed by atoms with van der Waals surface area (Å²) < 4.78 is 0. The molecule has 0 aliphatic carbocycles. The number of rotatable bonds is 5. The van der Waals surface area contributed by atoms with Crippen LogP contribution in [0.25, 0.3) is 0 Å². The van der Waals surface area contributed by atoms with Crippen LogP contribution in [0.1, 0.15) is 55.2 Å². The van der Waals surface area contributed by atoms with Crippen LogP contribution in [0, 0.1) is 26.2 Å². The summed E-state index contributed by atoms with van der Waals surface area (Å²) in [4.78, 5) is 0. The highest BCUT2D eigenvalue weighted by atomic mass is 14.1. The summed E-state index contributed by atoms with van der Waals surface area (Å²) in [5, 5.41) is 0. The molecule has 0 spiro atoms. The van der Waals surface area contributed by atoms with Crippen molar-refractivity contribution in [3.63, 3.8) is 0 Å². The summed E-state index contributed by atoms with van der Waals surface area (Å²) in [5.41, 5.74) is 3.86. The zero-order valence-corrected chi connectivity index (χ0v) is 10.6. The second kappa shape index (κ2) is 6.38.